The van der Waals surface area contributed by atoms with Gasteiger partial charge in [0, 0.05) is 11.9 Å². The van der Waals surface area contributed by atoms with Crippen LogP contribution in [-0.4, -0.2) is 20.1 Å². The normalized spacial score (nSPS) is 15.2. The second-order valence-corrected chi connectivity index (χ2v) is 8.32. The number of halogens is 1. The molecule has 162 valence electrons. The molecule has 2 heterocycles. The van der Waals surface area contributed by atoms with E-state index in [0.29, 0.717) is 30.7 Å². The Morgan fingerprint density at radius 1 is 1.03 bits per heavy atom. The van der Waals surface area contributed by atoms with E-state index in [4.69, 9.17) is 0 Å². The third kappa shape index (κ3) is 3.60. The van der Waals surface area contributed by atoms with Crippen LogP contribution in [0.2, 0.25) is 0 Å². The predicted molar refractivity (Wildman–Crippen MR) is 120 cm³/mol. The van der Waals surface area contributed by atoms with Crippen LogP contribution in [0, 0.1) is 5.82 Å². The number of benzene rings is 2. The van der Waals surface area contributed by atoms with E-state index in [1.165, 1.54) is 21.2 Å². The van der Waals surface area contributed by atoms with E-state index in [1.54, 1.807) is 24.4 Å². The fraction of sp³-hybridized carbons (Fsp3) is 0.240. The van der Waals surface area contributed by atoms with Crippen molar-refractivity contribution in [2.24, 2.45) is 0 Å². The number of nitrogens with zero attached hydrogens (tertiary/aromatic N) is 3. The molecule has 5 rings (SSSR count). The average molecular weight is 430 g/mol. The Hall–Kier alpha value is -3.74. The maximum Gasteiger partial charge on any atom is 0.350 e. The Kier molecular flexibility index (Phi) is 5.09. The lowest BCUT2D eigenvalue weighted by Crippen LogP contribution is -2.38. The van der Waals surface area contributed by atoms with Crippen LogP contribution in [0.1, 0.15) is 36.8 Å². The minimum Gasteiger partial charge on any atom is -0.325 e. The fourth-order valence-corrected chi connectivity index (χ4v) is 4.65. The van der Waals surface area contributed by atoms with Gasteiger partial charge in [-0.1, -0.05) is 43.2 Å². The number of anilines is 1. The molecule has 32 heavy (non-hydrogen) atoms. The molecule has 7 heteroatoms. The monoisotopic (exact) mass is 430 g/mol. The Morgan fingerprint density at radius 2 is 1.84 bits per heavy atom. The van der Waals surface area contributed by atoms with Crippen molar-refractivity contribution >= 4 is 17.2 Å². The van der Waals surface area contributed by atoms with Crippen molar-refractivity contribution in [3.8, 4) is 0 Å². The highest BCUT2D eigenvalue weighted by molar-refractivity contribution is 5.99. The summed E-state index contributed by atoms with van der Waals surface area (Å²) >= 11 is 0. The summed E-state index contributed by atoms with van der Waals surface area (Å²) in [6.07, 6.45) is 4.93. The van der Waals surface area contributed by atoms with E-state index < -0.39 is 5.41 Å². The molecule has 1 saturated carbocycles. The number of rotatable bonds is 5. The van der Waals surface area contributed by atoms with Gasteiger partial charge in [0.25, 0.3) is 0 Å². The number of hydrogen-bond donors (Lipinski definition) is 1. The predicted octanol–water partition coefficient (Wildman–Crippen LogP) is 4.13. The molecule has 6 nitrogen and oxygen atoms in total. The Morgan fingerprint density at radius 3 is 2.62 bits per heavy atom. The molecule has 2 aromatic heterocycles. The SMILES string of the molecule is O=C(Nc1cccc(Cn2nc3ccccn3c2=O)c1)C1(c2cccc(F)c2)CCCC1. The molecule has 1 fully saturated rings. The summed E-state index contributed by atoms with van der Waals surface area (Å²) in [5.41, 5.74) is 1.86. The molecule has 1 N–H and O–H groups in total. The second-order valence-electron chi connectivity index (χ2n) is 8.32. The highest BCUT2D eigenvalue weighted by Gasteiger charge is 2.42. The van der Waals surface area contributed by atoms with Gasteiger partial charge in [-0.2, -0.15) is 0 Å². The van der Waals surface area contributed by atoms with Crippen molar-refractivity contribution in [3.05, 3.63) is 100 Å². The number of amides is 1. The zero-order valence-corrected chi connectivity index (χ0v) is 17.5. The van der Waals surface area contributed by atoms with Crippen LogP contribution in [0.25, 0.3) is 5.65 Å². The number of carbonyl (C=O) groups excluding carboxylic acids is 1. The molecule has 0 spiro atoms. The summed E-state index contributed by atoms with van der Waals surface area (Å²) in [6, 6.07) is 19.2. The smallest absolute Gasteiger partial charge is 0.325 e. The molecule has 0 bridgehead atoms. The topological polar surface area (TPSA) is 68.4 Å². The maximum absolute atomic E-state index is 13.9. The third-order valence-corrected chi connectivity index (χ3v) is 6.27. The zero-order chi connectivity index (χ0) is 22.1. The minimum atomic E-state index is -0.726. The summed E-state index contributed by atoms with van der Waals surface area (Å²) in [4.78, 5) is 25.9. The first-order chi connectivity index (χ1) is 15.5. The van der Waals surface area contributed by atoms with Gasteiger partial charge in [-0.05, 0) is 60.4 Å². The molecular weight excluding hydrogens is 407 g/mol. The molecule has 0 aliphatic heterocycles. The Labute approximate surface area is 184 Å². The number of hydrogen-bond acceptors (Lipinski definition) is 3. The number of carbonyl (C=O) groups is 1. The summed E-state index contributed by atoms with van der Waals surface area (Å²) in [5, 5.41) is 7.40. The average Bonchev–Trinajstić information content (AvgIpc) is 3.41. The van der Waals surface area contributed by atoms with Crippen molar-refractivity contribution < 1.29 is 9.18 Å². The quantitative estimate of drug-likeness (QED) is 0.518. The van der Waals surface area contributed by atoms with Gasteiger partial charge < -0.3 is 5.32 Å². The summed E-state index contributed by atoms with van der Waals surface area (Å²) < 4.78 is 16.8. The number of nitrogens with one attached hydrogen (secondary N) is 1. The highest BCUT2D eigenvalue weighted by Crippen LogP contribution is 2.42. The minimum absolute atomic E-state index is 0.123. The third-order valence-electron chi connectivity index (χ3n) is 6.27. The van der Waals surface area contributed by atoms with Crippen LogP contribution in [0.4, 0.5) is 10.1 Å². The van der Waals surface area contributed by atoms with E-state index in [0.717, 1.165) is 24.0 Å². The lowest BCUT2D eigenvalue weighted by atomic mass is 9.78. The first-order valence-corrected chi connectivity index (χ1v) is 10.8. The molecule has 0 unspecified atom stereocenters. The van der Waals surface area contributed by atoms with E-state index in [2.05, 4.69) is 10.4 Å². The van der Waals surface area contributed by atoms with Crippen LogP contribution in [-0.2, 0) is 16.8 Å². The van der Waals surface area contributed by atoms with Crippen LogP contribution in [0.5, 0.6) is 0 Å². The van der Waals surface area contributed by atoms with Gasteiger partial charge in [-0.25, -0.2) is 13.9 Å². The van der Waals surface area contributed by atoms with Crippen molar-refractivity contribution in [2.45, 2.75) is 37.6 Å². The molecular formula is C25H23FN4O2. The maximum atomic E-state index is 13.9. The van der Waals surface area contributed by atoms with Crippen LogP contribution in [0.3, 0.4) is 0 Å². The highest BCUT2D eigenvalue weighted by atomic mass is 19.1. The van der Waals surface area contributed by atoms with Gasteiger partial charge in [0.15, 0.2) is 5.65 Å². The summed E-state index contributed by atoms with van der Waals surface area (Å²) in [5.74, 6) is -0.455. The molecule has 0 radical (unpaired) electrons. The molecule has 1 aliphatic carbocycles. The van der Waals surface area contributed by atoms with Crippen molar-refractivity contribution in [1.82, 2.24) is 14.2 Å². The van der Waals surface area contributed by atoms with Gasteiger partial charge in [0.2, 0.25) is 5.91 Å². The van der Waals surface area contributed by atoms with Crippen molar-refractivity contribution in [2.75, 3.05) is 5.32 Å². The second kappa shape index (κ2) is 8.07. The molecule has 0 atom stereocenters. The number of aromatic nitrogens is 3. The first-order valence-electron chi connectivity index (χ1n) is 10.8. The van der Waals surface area contributed by atoms with E-state index in [1.807, 2.05) is 36.4 Å². The van der Waals surface area contributed by atoms with Crippen molar-refractivity contribution in [3.63, 3.8) is 0 Å². The molecule has 1 aliphatic rings. The van der Waals surface area contributed by atoms with Crippen LogP contribution in [0.15, 0.2) is 77.7 Å². The number of fused-ring (bicyclic) bond motifs is 1. The van der Waals surface area contributed by atoms with Gasteiger partial charge in [0.05, 0.1) is 12.0 Å². The molecule has 2 aromatic carbocycles. The lowest BCUT2D eigenvalue weighted by Gasteiger charge is -2.28. The van der Waals surface area contributed by atoms with Gasteiger partial charge in [-0.15, -0.1) is 5.10 Å². The largest absolute Gasteiger partial charge is 0.350 e. The van der Waals surface area contributed by atoms with Crippen LogP contribution >= 0.6 is 0 Å². The van der Waals surface area contributed by atoms with E-state index in [9.17, 15) is 14.0 Å². The molecule has 4 aromatic rings. The summed E-state index contributed by atoms with van der Waals surface area (Å²) in [7, 11) is 0. The van der Waals surface area contributed by atoms with Gasteiger partial charge in [0.1, 0.15) is 5.82 Å². The standard InChI is InChI=1S/C25H23FN4O2/c26-20-9-6-8-19(16-20)25(12-2-3-13-25)23(31)27-21-10-5-7-18(15-21)17-30-24(32)29-14-4-1-11-22(29)28-30/h1,4-11,14-16H,2-3,12-13,17H2,(H,27,31). The van der Waals surface area contributed by atoms with Crippen LogP contribution < -0.4 is 11.0 Å². The van der Waals surface area contributed by atoms with Gasteiger partial charge in [-0.3, -0.25) is 9.20 Å². The van der Waals surface area contributed by atoms with E-state index in [-0.39, 0.29) is 17.4 Å². The Bertz CT molecular complexity index is 1350. The Balaban J connectivity index is 1.40. The van der Waals surface area contributed by atoms with Gasteiger partial charge >= 0.3 is 5.69 Å². The fourth-order valence-electron chi connectivity index (χ4n) is 4.65. The molecule has 0 saturated heterocycles. The lowest BCUT2D eigenvalue weighted by molar-refractivity contribution is -0.121. The van der Waals surface area contributed by atoms with Crippen molar-refractivity contribution in [1.29, 1.82) is 0 Å². The molecule has 1 amide bonds. The summed E-state index contributed by atoms with van der Waals surface area (Å²) in [6.45, 7) is 0.291. The number of pyridine rings is 1. The van der Waals surface area contributed by atoms with E-state index >= 15 is 0 Å². The zero-order valence-electron chi connectivity index (χ0n) is 17.5. The first kappa shape index (κ1) is 20.2.